The molecule has 106 valence electrons. The topological polar surface area (TPSA) is 29.5 Å². The van der Waals surface area contributed by atoms with Crippen molar-refractivity contribution in [1.29, 1.82) is 0 Å². The van der Waals surface area contributed by atoms with Crippen LogP contribution in [0.2, 0.25) is 0 Å². The van der Waals surface area contributed by atoms with Gasteiger partial charge in [0, 0.05) is 0 Å². The Kier molecular flexibility index (Phi) is 5.48. The van der Waals surface area contributed by atoms with E-state index in [2.05, 4.69) is 37.3 Å². The quantitative estimate of drug-likeness (QED) is 0.736. The summed E-state index contributed by atoms with van der Waals surface area (Å²) in [4.78, 5) is 0. The molecular formula is C18H22O2. The fraction of sp³-hybridized carbons (Fsp3) is 0.333. The third-order valence-corrected chi connectivity index (χ3v) is 3.52. The number of aromatic hydroxyl groups is 1. The van der Waals surface area contributed by atoms with Crippen molar-refractivity contribution < 1.29 is 9.84 Å². The zero-order chi connectivity index (χ0) is 14.2. The van der Waals surface area contributed by atoms with Crippen molar-refractivity contribution >= 4 is 0 Å². The lowest BCUT2D eigenvalue weighted by Crippen LogP contribution is -1.99. The highest BCUT2D eigenvalue weighted by Crippen LogP contribution is 2.25. The van der Waals surface area contributed by atoms with E-state index in [1.165, 1.54) is 5.56 Å². The third kappa shape index (κ3) is 4.30. The van der Waals surface area contributed by atoms with E-state index in [1.807, 2.05) is 6.07 Å². The van der Waals surface area contributed by atoms with E-state index in [9.17, 15) is 5.11 Å². The number of benzene rings is 2. The first-order valence-electron chi connectivity index (χ1n) is 7.23. The lowest BCUT2D eigenvalue weighted by molar-refractivity contribution is 0.288. The summed E-state index contributed by atoms with van der Waals surface area (Å²) in [5, 5.41) is 9.58. The normalized spacial score (nSPS) is 12.1. The van der Waals surface area contributed by atoms with Crippen LogP contribution in [0.1, 0.15) is 37.7 Å². The monoisotopic (exact) mass is 270 g/mol. The van der Waals surface area contributed by atoms with Gasteiger partial charge in [-0.15, -0.1) is 0 Å². The Morgan fingerprint density at radius 3 is 2.40 bits per heavy atom. The Hall–Kier alpha value is -1.96. The van der Waals surface area contributed by atoms with Gasteiger partial charge in [-0.25, -0.2) is 0 Å². The summed E-state index contributed by atoms with van der Waals surface area (Å²) in [6.07, 6.45) is 3.29. The maximum Gasteiger partial charge on any atom is 0.160 e. The predicted octanol–water partition coefficient (Wildman–Crippen LogP) is 4.75. The number of hydrogen-bond donors (Lipinski definition) is 1. The number of phenolic OH excluding ortho intramolecular Hbond substituents is 1. The van der Waals surface area contributed by atoms with Crippen molar-refractivity contribution in [2.24, 2.45) is 0 Å². The van der Waals surface area contributed by atoms with Gasteiger partial charge in [0.25, 0.3) is 0 Å². The number of unbranched alkanes of at least 4 members (excludes halogenated alkanes) is 1. The van der Waals surface area contributed by atoms with Gasteiger partial charge in [-0.1, -0.05) is 49.4 Å². The third-order valence-electron chi connectivity index (χ3n) is 3.52. The van der Waals surface area contributed by atoms with Crippen LogP contribution >= 0.6 is 0 Å². The van der Waals surface area contributed by atoms with Crippen LogP contribution in [-0.4, -0.2) is 11.7 Å². The fourth-order valence-electron chi connectivity index (χ4n) is 2.26. The fourth-order valence-corrected chi connectivity index (χ4v) is 2.26. The van der Waals surface area contributed by atoms with E-state index in [-0.39, 0.29) is 5.75 Å². The van der Waals surface area contributed by atoms with Crippen LogP contribution in [0.4, 0.5) is 0 Å². The molecule has 20 heavy (non-hydrogen) atoms. The van der Waals surface area contributed by atoms with Crippen LogP contribution in [0.15, 0.2) is 54.6 Å². The van der Waals surface area contributed by atoms with Crippen molar-refractivity contribution in [1.82, 2.24) is 0 Å². The summed E-state index contributed by atoms with van der Waals surface area (Å²) in [5.41, 5.74) is 1.40. The SMILES string of the molecule is CC(CCCCOc1ccccc1O)c1ccccc1. The molecule has 0 aromatic heterocycles. The highest BCUT2D eigenvalue weighted by molar-refractivity contribution is 5.37. The van der Waals surface area contributed by atoms with Crippen molar-refractivity contribution in [2.45, 2.75) is 32.1 Å². The van der Waals surface area contributed by atoms with E-state index in [0.29, 0.717) is 18.3 Å². The van der Waals surface area contributed by atoms with E-state index in [0.717, 1.165) is 19.3 Å². The van der Waals surface area contributed by atoms with Gasteiger partial charge >= 0.3 is 0 Å². The Balaban J connectivity index is 1.66. The Bertz CT molecular complexity index is 508. The molecule has 1 atom stereocenters. The molecule has 2 nitrogen and oxygen atoms in total. The van der Waals surface area contributed by atoms with Crippen LogP contribution < -0.4 is 4.74 Å². The molecule has 0 fully saturated rings. The van der Waals surface area contributed by atoms with Gasteiger partial charge < -0.3 is 9.84 Å². The second-order valence-corrected chi connectivity index (χ2v) is 5.12. The number of phenols is 1. The summed E-state index contributed by atoms with van der Waals surface area (Å²) in [6, 6.07) is 17.7. The second kappa shape index (κ2) is 7.59. The molecule has 0 amide bonds. The van der Waals surface area contributed by atoms with Crippen LogP contribution in [-0.2, 0) is 0 Å². The average Bonchev–Trinajstić information content (AvgIpc) is 2.49. The van der Waals surface area contributed by atoms with Gasteiger partial charge in [0.2, 0.25) is 0 Å². The molecule has 0 radical (unpaired) electrons. The largest absolute Gasteiger partial charge is 0.504 e. The predicted molar refractivity (Wildman–Crippen MR) is 82.3 cm³/mol. The van der Waals surface area contributed by atoms with Crippen molar-refractivity contribution in [3.63, 3.8) is 0 Å². The first-order valence-corrected chi connectivity index (χ1v) is 7.23. The molecule has 2 heteroatoms. The summed E-state index contributed by atoms with van der Waals surface area (Å²) >= 11 is 0. The summed E-state index contributed by atoms with van der Waals surface area (Å²) in [5.74, 6) is 1.37. The minimum atomic E-state index is 0.213. The maximum atomic E-state index is 9.58. The Morgan fingerprint density at radius 2 is 1.65 bits per heavy atom. The van der Waals surface area contributed by atoms with Gasteiger partial charge in [0.15, 0.2) is 11.5 Å². The molecule has 0 aliphatic heterocycles. The summed E-state index contributed by atoms with van der Waals surface area (Å²) in [6.45, 7) is 2.91. The highest BCUT2D eigenvalue weighted by Gasteiger charge is 2.05. The van der Waals surface area contributed by atoms with Crippen molar-refractivity contribution in [2.75, 3.05) is 6.61 Å². The first kappa shape index (κ1) is 14.4. The van der Waals surface area contributed by atoms with Gasteiger partial charge in [0.05, 0.1) is 6.61 Å². The maximum absolute atomic E-state index is 9.58. The molecular weight excluding hydrogens is 248 g/mol. The second-order valence-electron chi connectivity index (χ2n) is 5.12. The van der Waals surface area contributed by atoms with Gasteiger partial charge in [-0.05, 0) is 42.9 Å². The number of rotatable bonds is 7. The smallest absolute Gasteiger partial charge is 0.160 e. The molecule has 0 spiro atoms. The van der Waals surface area contributed by atoms with E-state index in [1.54, 1.807) is 18.2 Å². The van der Waals surface area contributed by atoms with Crippen molar-refractivity contribution in [3.8, 4) is 11.5 Å². The van der Waals surface area contributed by atoms with Crippen LogP contribution in [0, 0.1) is 0 Å². The molecule has 0 aliphatic carbocycles. The van der Waals surface area contributed by atoms with Gasteiger partial charge in [0.1, 0.15) is 0 Å². The van der Waals surface area contributed by atoms with E-state index >= 15 is 0 Å². The van der Waals surface area contributed by atoms with Crippen LogP contribution in [0.25, 0.3) is 0 Å². The Morgan fingerprint density at radius 1 is 0.950 bits per heavy atom. The first-order chi connectivity index (χ1) is 9.77. The van der Waals surface area contributed by atoms with Crippen LogP contribution in [0.3, 0.4) is 0 Å². The molecule has 2 aromatic rings. The van der Waals surface area contributed by atoms with Gasteiger partial charge in [-0.2, -0.15) is 0 Å². The minimum Gasteiger partial charge on any atom is -0.504 e. The zero-order valence-electron chi connectivity index (χ0n) is 12.0. The lowest BCUT2D eigenvalue weighted by Gasteiger charge is -2.12. The Labute approximate surface area is 121 Å². The standard InChI is InChI=1S/C18H22O2/c1-15(16-10-3-2-4-11-16)9-7-8-14-20-18-13-6-5-12-17(18)19/h2-6,10-13,15,19H,7-9,14H2,1H3. The van der Waals surface area contributed by atoms with E-state index < -0.39 is 0 Å². The summed E-state index contributed by atoms with van der Waals surface area (Å²) < 4.78 is 5.57. The highest BCUT2D eigenvalue weighted by atomic mass is 16.5. The number of hydrogen-bond acceptors (Lipinski definition) is 2. The molecule has 1 N–H and O–H groups in total. The lowest BCUT2D eigenvalue weighted by atomic mass is 9.96. The molecule has 1 unspecified atom stereocenters. The van der Waals surface area contributed by atoms with Crippen molar-refractivity contribution in [3.05, 3.63) is 60.2 Å². The molecule has 0 bridgehead atoms. The number of para-hydroxylation sites is 2. The van der Waals surface area contributed by atoms with Crippen LogP contribution in [0.5, 0.6) is 11.5 Å². The van der Waals surface area contributed by atoms with Gasteiger partial charge in [-0.3, -0.25) is 0 Å². The molecule has 2 rings (SSSR count). The minimum absolute atomic E-state index is 0.213. The van der Waals surface area contributed by atoms with E-state index in [4.69, 9.17) is 4.74 Å². The number of ether oxygens (including phenoxy) is 1. The average molecular weight is 270 g/mol. The molecule has 0 saturated heterocycles. The zero-order valence-corrected chi connectivity index (χ0v) is 12.0. The molecule has 0 heterocycles. The summed E-state index contributed by atoms with van der Waals surface area (Å²) in [7, 11) is 0. The molecule has 0 saturated carbocycles. The molecule has 2 aromatic carbocycles. The molecule has 0 aliphatic rings.